The van der Waals surface area contributed by atoms with Crippen molar-refractivity contribution < 1.29 is 0 Å². The van der Waals surface area contributed by atoms with Crippen molar-refractivity contribution in [2.24, 2.45) is 23.7 Å². The monoisotopic (exact) mass is 208 g/mol. The van der Waals surface area contributed by atoms with Crippen molar-refractivity contribution in [1.29, 1.82) is 0 Å². The number of thioether (sulfide) groups is 1. The Kier molecular flexibility index (Phi) is 2.39. The smallest absolute Gasteiger partial charge is 0.0113 e. The summed E-state index contributed by atoms with van der Waals surface area (Å²) < 4.78 is 0. The highest BCUT2D eigenvalue weighted by Gasteiger charge is 2.47. The van der Waals surface area contributed by atoms with E-state index in [4.69, 9.17) is 0 Å². The molecule has 0 aromatic carbocycles. The molecule has 0 amide bonds. The standard InChI is InChI=1S/C13H20S/c1-2-3-14-13-11-5-9-4-10(7-11)8-12(13)6-9/h2,9-13H,1,3-8H2. The van der Waals surface area contributed by atoms with Crippen LogP contribution in [-0.4, -0.2) is 11.0 Å². The van der Waals surface area contributed by atoms with Crippen molar-refractivity contribution in [3.8, 4) is 0 Å². The Balaban J connectivity index is 1.71. The maximum Gasteiger partial charge on any atom is 0.0113 e. The molecular weight excluding hydrogens is 188 g/mol. The molecule has 0 atom stereocenters. The first kappa shape index (κ1) is 9.33. The highest BCUT2D eigenvalue weighted by atomic mass is 32.2. The molecule has 0 aromatic rings. The summed E-state index contributed by atoms with van der Waals surface area (Å²) in [6, 6.07) is 0. The second kappa shape index (κ2) is 3.59. The number of hydrogen-bond acceptors (Lipinski definition) is 1. The first-order valence-electron chi connectivity index (χ1n) is 6.09. The van der Waals surface area contributed by atoms with Crippen LogP contribution in [0.1, 0.15) is 32.1 Å². The largest absolute Gasteiger partial charge is 0.154 e. The Hall–Kier alpha value is 0.0900. The van der Waals surface area contributed by atoms with Crippen LogP contribution < -0.4 is 0 Å². The molecule has 0 nitrogen and oxygen atoms in total. The zero-order valence-electron chi connectivity index (χ0n) is 8.82. The molecule has 4 rings (SSSR count). The highest BCUT2D eigenvalue weighted by Crippen LogP contribution is 2.56. The molecule has 1 heteroatoms. The third-order valence-corrected chi connectivity index (χ3v) is 6.13. The quantitative estimate of drug-likeness (QED) is 0.637. The summed E-state index contributed by atoms with van der Waals surface area (Å²) in [4.78, 5) is 0. The minimum Gasteiger partial charge on any atom is -0.154 e. The molecule has 4 aliphatic rings. The Bertz CT molecular complexity index is 205. The minimum absolute atomic E-state index is 1.00. The van der Waals surface area contributed by atoms with Crippen molar-refractivity contribution in [1.82, 2.24) is 0 Å². The van der Waals surface area contributed by atoms with Gasteiger partial charge in [-0.2, -0.15) is 11.8 Å². The zero-order valence-corrected chi connectivity index (χ0v) is 9.64. The fourth-order valence-corrected chi connectivity index (χ4v) is 5.67. The normalized spacial score (nSPS) is 49.6. The van der Waals surface area contributed by atoms with Gasteiger partial charge in [0.2, 0.25) is 0 Å². The minimum atomic E-state index is 1.00. The molecule has 0 N–H and O–H groups in total. The molecule has 14 heavy (non-hydrogen) atoms. The lowest BCUT2D eigenvalue weighted by atomic mass is 9.56. The summed E-state index contributed by atoms with van der Waals surface area (Å²) in [6.07, 6.45) is 9.88. The van der Waals surface area contributed by atoms with Gasteiger partial charge < -0.3 is 0 Å². The van der Waals surface area contributed by atoms with Crippen LogP contribution in [0.3, 0.4) is 0 Å². The van der Waals surface area contributed by atoms with E-state index in [1.807, 2.05) is 0 Å². The van der Waals surface area contributed by atoms with Gasteiger partial charge in [0.1, 0.15) is 0 Å². The van der Waals surface area contributed by atoms with E-state index in [2.05, 4.69) is 24.4 Å². The maximum atomic E-state index is 3.84. The van der Waals surface area contributed by atoms with Crippen LogP contribution in [0.2, 0.25) is 0 Å². The van der Waals surface area contributed by atoms with Gasteiger partial charge in [0.15, 0.2) is 0 Å². The summed E-state index contributed by atoms with van der Waals surface area (Å²) in [5.41, 5.74) is 0. The van der Waals surface area contributed by atoms with Gasteiger partial charge in [-0.05, 0) is 55.8 Å². The molecule has 0 spiro atoms. The number of hydrogen-bond donors (Lipinski definition) is 0. The van der Waals surface area contributed by atoms with Crippen LogP contribution in [-0.2, 0) is 0 Å². The van der Waals surface area contributed by atoms with Gasteiger partial charge in [0.25, 0.3) is 0 Å². The predicted octanol–water partition coefficient (Wildman–Crippen LogP) is 3.73. The maximum absolute atomic E-state index is 3.84. The van der Waals surface area contributed by atoms with Gasteiger partial charge in [0.05, 0.1) is 0 Å². The van der Waals surface area contributed by atoms with Gasteiger partial charge >= 0.3 is 0 Å². The van der Waals surface area contributed by atoms with E-state index in [9.17, 15) is 0 Å². The van der Waals surface area contributed by atoms with Crippen LogP contribution in [0, 0.1) is 23.7 Å². The first-order chi connectivity index (χ1) is 6.86. The molecule has 0 heterocycles. The lowest BCUT2D eigenvalue weighted by Gasteiger charge is -2.54. The van der Waals surface area contributed by atoms with Gasteiger partial charge in [-0.25, -0.2) is 0 Å². The van der Waals surface area contributed by atoms with Crippen molar-refractivity contribution in [2.45, 2.75) is 37.4 Å². The molecule has 0 aromatic heterocycles. The molecule has 78 valence electrons. The molecule has 4 bridgehead atoms. The Labute approximate surface area is 91.5 Å². The summed E-state index contributed by atoms with van der Waals surface area (Å²) in [7, 11) is 0. The predicted molar refractivity (Wildman–Crippen MR) is 63.5 cm³/mol. The molecule has 0 radical (unpaired) electrons. The van der Waals surface area contributed by atoms with Crippen LogP contribution in [0.25, 0.3) is 0 Å². The van der Waals surface area contributed by atoms with Gasteiger partial charge in [0, 0.05) is 11.0 Å². The fraction of sp³-hybridized carbons (Fsp3) is 0.846. The van der Waals surface area contributed by atoms with Crippen LogP contribution in [0.15, 0.2) is 12.7 Å². The Morgan fingerprint density at radius 3 is 2.07 bits per heavy atom. The molecule has 4 aliphatic carbocycles. The Morgan fingerprint density at radius 2 is 1.57 bits per heavy atom. The third-order valence-electron chi connectivity index (χ3n) is 4.55. The molecule has 4 fully saturated rings. The average Bonchev–Trinajstić information content (AvgIpc) is 2.15. The van der Waals surface area contributed by atoms with E-state index in [-0.39, 0.29) is 0 Å². The summed E-state index contributed by atoms with van der Waals surface area (Å²) in [6.45, 7) is 3.84. The van der Waals surface area contributed by atoms with Crippen LogP contribution >= 0.6 is 11.8 Å². The summed E-state index contributed by atoms with van der Waals surface area (Å²) >= 11 is 2.19. The van der Waals surface area contributed by atoms with E-state index in [0.29, 0.717) is 0 Å². The third kappa shape index (κ3) is 1.44. The lowest BCUT2D eigenvalue weighted by Crippen LogP contribution is -2.46. The van der Waals surface area contributed by atoms with E-state index in [0.717, 1.165) is 28.9 Å². The van der Waals surface area contributed by atoms with Crippen molar-refractivity contribution in [2.75, 3.05) is 5.75 Å². The zero-order chi connectivity index (χ0) is 9.54. The van der Waals surface area contributed by atoms with E-state index in [1.165, 1.54) is 5.75 Å². The molecule has 0 saturated heterocycles. The van der Waals surface area contributed by atoms with E-state index < -0.39 is 0 Å². The molecule has 4 saturated carbocycles. The van der Waals surface area contributed by atoms with Crippen molar-refractivity contribution in [3.63, 3.8) is 0 Å². The summed E-state index contributed by atoms with van der Waals surface area (Å²) in [5.74, 6) is 5.58. The van der Waals surface area contributed by atoms with Gasteiger partial charge in [-0.1, -0.05) is 6.08 Å². The second-order valence-electron chi connectivity index (χ2n) is 5.52. The first-order valence-corrected chi connectivity index (χ1v) is 7.14. The van der Waals surface area contributed by atoms with Crippen LogP contribution in [0.5, 0.6) is 0 Å². The fourth-order valence-electron chi connectivity index (χ4n) is 4.33. The highest BCUT2D eigenvalue weighted by molar-refractivity contribution is 8.00. The van der Waals surface area contributed by atoms with E-state index in [1.54, 1.807) is 32.1 Å². The number of rotatable bonds is 3. The lowest BCUT2D eigenvalue weighted by molar-refractivity contribution is 0.0268. The second-order valence-corrected chi connectivity index (χ2v) is 6.73. The van der Waals surface area contributed by atoms with Gasteiger partial charge in [-0.3, -0.25) is 0 Å². The topological polar surface area (TPSA) is 0 Å². The van der Waals surface area contributed by atoms with Crippen molar-refractivity contribution >= 4 is 11.8 Å². The molecule has 0 unspecified atom stereocenters. The molecular formula is C13H20S. The van der Waals surface area contributed by atoms with E-state index >= 15 is 0 Å². The SMILES string of the molecule is C=CCSC1C2CC3CC(C2)CC1C3. The molecule has 0 aliphatic heterocycles. The average molecular weight is 208 g/mol. The van der Waals surface area contributed by atoms with Gasteiger partial charge in [-0.15, -0.1) is 6.58 Å². The summed E-state index contributed by atoms with van der Waals surface area (Å²) in [5, 5.41) is 1.00. The van der Waals surface area contributed by atoms with Crippen molar-refractivity contribution in [3.05, 3.63) is 12.7 Å². The Morgan fingerprint density at radius 1 is 1.00 bits per heavy atom. The van der Waals surface area contributed by atoms with Crippen LogP contribution in [0.4, 0.5) is 0 Å².